The van der Waals surface area contributed by atoms with Crippen LogP contribution < -0.4 is 20.1 Å². The van der Waals surface area contributed by atoms with Gasteiger partial charge in [-0.1, -0.05) is 6.92 Å². The summed E-state index contributed by atoms with van der Waals surface area (Å²) >= 11 is 0. The van der Waals surface area contributed by atoms with Crippen molar-refractivity contribution in [1.82, 2.24) is 15.5 Å². The Hall–Kier alpha value is -1.22. The summed E-state index contributed by atoms with van der Waals surface area (Å²) < 4.78 is 10.9. The van der Waals surface area contributed by atoms with Crippen LogP contribution in [0.1, 0.15) is 33.1 Å². The third-order valence-corrected chi connectivity index (χ3v) is 5.03. The molecule has 1 aromatic carbocycles. The molecule has 0 aromatic heterocycles. The molecule has 1 aromatic rings. The molecule has 2 rings (SSSR count). The van der Waals surface area contributed by atoms with Gasteiger partial charge in [0.2, 0.25) is 0 Å². The van der Waals surface area contributed by atoms with Crippen LogP contribution in [0, 0.1) is 5.92 Å². The number of halogens is 1. The van der Waals surface area contributed by atoms with Crippen molar-refractivity contribution < 1.29 is 9.47 Å². The van der Waals surface area contributed by atoms with Crippen LogP contribution in [0.5, 0.6) is 11.5 Å². The lowest BCUT2D eigenvalue weighted by molar-refractivity contribution is 0.188. The molecule has 1 aliphatic rings. The summed E-state index contributed by atoms with van der Waals surface area (Å²) in [6.07, 6.45) is 3.79. The first-order valence-corrected chi connectivity index (χ1v) is 10.3. The fourth-order valence-corrected chi connectivity index (χ4v) is 3.30. The van der Waals surface area contributed by atoms with Gasteiger partial charge in [0, 0.05) is 13.1 Å². The van der Waals surface area contributed by atoms with Gasteiger partial charge < -0.3 is 25.0 Å². The Morgan fingerprint density at radius 3 is 2.39 bits per heavy atom. The van der Waals surface area contributed by atoms with E-state index in [0.29, 0.717) is 13.2 Å². The van der Waals surface area contributed by atoms with E-state index in [1.165, 1.54) is 38.9 Å². The molecule has 6 nitrogen and oxygen atoms in total. The molecule has 1 saturated heterocycles. The molecule has 0 atom stereocenters. The number of ether oxygens (including phenoxy) is 2. The van der Waals surface area contributed by atoms with Crippen LogP contribution in [-0.2, 0) is 0 Å². The van der Waals surface area contributed by atoms with Gasteiger partial charge in [-0.25, -0.2) is 0 Å². The smallest absolute Gasteiger partial charge is 0.191 e. The second-order valence-corrected chi connectivity index (χ2v) is 6.88. The van der Waals surface area contributed by atoms with Crippen LogP contribution in [0.15, 0.2) is 29.3 Å². The summed E-state index contributed by atoms with van der Waals surface area (Å²) in [5, 5.41) is 6.66. The van der Waals surface area contributed by atoms with Crippen LogP contribution >= 0.6 is 24.0 Å². The molecule has 2 N–H and O–H groups in total. The van der Waals surface area contributed by atoms with Gasteiger partial charge in [-0.2, -0.15) is 0 Å². The van der Waals surface area contributed by atoms with Gasteiger partial charge in [0.15, 0.2) is 5.96 Å². The fraction of sp³-hybridized carbons (Fsp3) is 0.667. The molecule has 28 heavy (non-hydrogen) atoms. The lowest BCUT2D eigenvalue weighted by Crippen LogP contribution is -2.39. The number of rotatable bonds is 10. The predicted molar refractivity (Wildman–Crippen MR) is 127 cm³/mol. The normalized spacial score (nSPS) is 15.6. The van der Waals surface area contributed by atoms with Crippen LogP contribution in [0.3, 0.4) is 0 Å². The Bertz CT molecular complexity index is 546. The first-order chi connectivity index (χ1) is 13.2. The second-order valence-electron chi connectivity index (χ2n) is 6.88. The maximum absolute atomic E-state index is 5.75. The number of hydrogen-bond donors (Lipinski definition) is 2. The number of guanidine groups is 1. The average Bonchev–Trinajstić information content (AvgIpc) is 2.72. The van der Waals surface area contributed by atoms with Crippen molar-refractivity contribution in [3.8, 4) is 11.5 Å². The summed E-state index contributed by atoms with van der Waals surface area (Å²) in [6.45, 7) is 11.0. The van der Waals surface area contributed by atoms with Crippen molar-refractivity contribution in [2.75, 3.05) is 53.0 Å². The van der Waals surface area contributed by atoms with E-state index in [2.05, 4.69) is 29.4 Å². The van der Waals surface area contributed by atoms with Crippen molar-refractivity contribution in [2.24, 2.45) is 10.9 Å². The number of benzene rings is 1. The Balaban J connectivity index is 0.00000392. The number of nitrogens with zero attached hydrogens (tertiary/aromatic N) is 2. The zero-order chi connectivity index (χ0) is 19.3. The summed E-state index contributed by atoms with van der Waals surface area (Å²) in [7, 11) is 1.66. The van der Waals surface area contributed by atoms with E-state index < -0.39 is 0 Å². The minimum absolute atomic E-state index is 0. The summed E-state index contributed by atoms with van der Waals surface area (Å²) in [5.41, 5.74) is 0. The van der Waals surface area contributed by atoms with Crippen LogP contribution in [0.2, 0.25) is 0 Å². The molecule has 0 radical (unpaired) electrons. The fourth-order valence-electron chi connectivity index (χ4n) is 3.30. The topological polar surface area (TPSA) is 58.1 Å². The van der Waals surface area contributed by atoms with Crippen molar-refractivity contribution in [3.05, 3.63) is 24.3 Å². The number of piperidine rings is 1. The first-order valence-electron chi connectivity index (χ1n) is 10.3. The molecule has 0 aliphatic carbocycles. The largest absolute Gasteiger partial charge is 0.497 e. The van der Waals surface area contributed by atoms with Crippen molar-refractivity contribution >= 4 is 29.9 Å². The van der Waals surface area contributed by atoms with Gasteiger partial charge in [0.05, 0.1) is 13.7 Å². The maximum atomic E-state index is 5.75. The Morgan fingerprint density at radius 1 is 1.11 bits per heavy atom. The van der Waals surface area contributed by atoms with E-state index in [9.17, 15) is 0 Å². The minimum atomic E-state index is 0. The highest BCUT2D eigenvalue weighted by molar-refractivity contribution is 14.0. The number of hydrogen-bond acceptors (Lipinski definition) is 4. The average molecular weight is 504 g/mol. The van der Waals surface area contributed by atoms with Gasteiger partial charge in [-0.3, -0.25) is 4.99 Å². The highest BCUT2D eigenvalue weighted by Crippen LogP contribution is 2.20. The number of methoxy groups -OCH3 is 1. The highest BCUT2D eigenvalue weighted by atomic mass is 127. The van der Waals surface area contributed by atoms with E-state index in [1.807, 2.05) is 24.3 Å². The van der Waals surface area contributed by atoms with E-state index in [-0.39, 0.29) is 24.0 Å². The Kier molecular flexibility index (Phi) is 13.1. The molecule has 0 bridgehead atoms. The maximum Gasteiger partial charge on any atom is 0.191 e. The zero-order valence-corrected chi connectivity index (χ0v) is 19.9. The van der Waals surface area contributed by atoms with E-state index in [4.69, 9.17) is 14.5 Å². The highest BCUT2D eigenvalue weighted by Gasteiger charge is 2.17. The van der Waals surface area contributed by atoms with Crippen LogP contribution in [0.4, 0.5) is 0 Å². The summed E-state index contributed by atoms with van der Waals surface area (Å²) in [4.78, 5) is 7.26. The minimum Gasteiger partial charge on any atom is -0.497 e. The van der Waals surface area contributed by atoms with Crippen molar-refractivity contribution in [3.63, 3.8) is 0 Å². The SMILES string of the molecule is CCNC(=NCCC1CCN(CC)CC1)NCCOc1ccc(OC)cc1.I. The molecular weight excluding hydrogens is 467 g/mol. The zero-order valence-electron chi connectivity index (χ0n) is 17.6. The molecule has 7 heteroatoms. The van der Waals surface area contributed by atoms with Crippen molar-refractivity contribution in [1.29, 1.82) is 0 Å². The molecule has 0 unspecified atom stereocenters. The standard InChI is InChI=1S/C21H36N4O2.HI/c1-4-22-21(23-13-10-18-11-15-25(5-2)16-12-18)24-14-17-27-20-8-6-19(26-3)7-9-20;/h6-9,18H,4-5,10-17H2,1-3H3,(H2,22,23,24);1H. The van der Waals surface area contributed by atoms with E-state index >= 15 is 0 Å². The van der Waals surface area contributed by atoms with Gasteiger partial charge in [0.25, 0.3) is 0 Å². The molecule has 1 heterocycles. The molecule has 0 saturated carbocycles. The molecule has 0 spiro atoms. The van der Waals surface area contributed by atoms with Gasteiger partial charge in [-0.05, 0) is 76.0 Å². The monoisotopic (exact) mass is 504 g/mol. The van der Waals surface area contributed by atoms with Crippen LogP contribution in [-0.4, -0.2) is 63.8 Å². The third kappa shape index (κ3) is 9.32. The molecule has 0 amide bonds. The van der Waals surface area contributed by atoms with Crippen LogP contribution in [0.25, 0.3) is 0 Å². The van der Waals surface area contributed by atoms with Crippen molar-refractivity contribution in [2.45, 2.75) is 33.1 Å². The Labute approximate surface area is 187 Å². The van der Waals surface area contributed by atoms with Gasteiger partial charge >= 0.3 is 0 Å². The number of nitrogens with one attached hydrogen (secondary N) is 2. The first kappa shape index (κ1) is 24.8. The number of likely N-dealkylation sites (tertiary alicyclic amines) is 1. The number of aliphatic imine (C=N–C) groups is 1. The Morgan fingerprint density at radius 2 is 1.79 bits per heavy atom. The quantitative estimate of drug-likeness (QED) is 0.222. The van der Waals surface area contributed by atoms with E-state index in [0.717, 1.165) is 36.5 Å². The lowest BCUT2D eigenvalue weighted by atomic mass is 9.94. The molecule has 160 valence electrons. The predicted octanol–water partition coefficient (Wildman–Crippen LogP) is 3.37. The van der Waals surface area contributed by atoms with E-state index in [1.54, 1.807) is 7.11 Å². The summed E-state index contributed by atoms with van der Waals surface area (Å²) in [5.74, 6) is 3.38. The molecular formula is C21H37IN4O2. The second kappa shape index (κ2) is 14.7. The van der Waals surface area contributed by atoms with Gasteiger partial charge in [-0.15, -0.1) is 24.0 Å². The summed E-state index contributed by atoms with van der Waals surface area (Å²) in [6, 6.07) is 7.64. The lowest BCUT2D eigenvalue weighted by Gasteiger charge is -2.30. The third-order valence-electron chi connectivity index (χ3n) is 5.03. The molecule has 1 fully saturated rings. The van der Waals surface area contributed by atoms with Gasteiger partial charge in [0.1, 0.15) is 18.1 Å². The molecule has 1 aliphatic heterocycles.